The largest absolute Gasteiger partial charge is 0.391 e. The Morgan fingerprint density at radius 3 is 2.75 bits per heavy atom. The maximum Gasteiger partial charge on any atom is 0.244 e. The summed E-state index contributed by atoms with van der Waals surface area (Å²) in [5, 5.41) is 18.6. The Balaban J connectivity index is 2.34. The Morgan fingerprint density at radius 1 is 1.50 bits per heavy atom. The maximum absolute atomic E-state index is 12.5. The maximum atomic E-state index is 12.5. The molecule has 1 aromatic rings. The van der Waals surface area contributed by atoms with Crippen LogP contribution in [0.15, 0.2) is 23.1 Å². The lowest BCUT2D eigenvalue weighted by Crippen LogP contribution is -2.45. The van der Waals surface area contributed by atoms with Gasteiger partial charge in [0.15, 0.2) is 0 Å². The number of halogens is 1. The normalized spacial score (nSPS) is 24.3. The van der Waals surface area contributed by atoms with Gasteiger partial charge in [0, 0.05) is 13.1 Å². The van der Waals surface area contributed by atoms with Crippen LogP contribution in [0.4, 0.5) is 0 Å². The Bertz CT molecular complexity index is 654. The Kier molecular flexibility index (Phi) is 4.35. The van der Waals surface area contributed by atoms with Crippen molar-refractivity contribution in [2.24, 2.45) is 5.92 Å². The molecule has 0 aromatic heterocycles. The Morgan fingerprint density at radius 2 is 2.20 bits per heavy atom. The van der Waals surface area contributed by atoms with Crippen molar-refractivity contribution in [3.63, 3.8) is 0 Å². The van der Waals surface area contributed by atoms with E-state index in [4.69, 9.17) is 16.9 Å². The van der Waals surface area contributed by atoms with Crippen LogP contribution in [-0.2, 0) is 10.0 Å². The van der Waals surface area contributed by atoms with E-state index >= 15 is 0 Å². The molecule has 0 spiro atoms. The molecular weight excluding hydrogens is 300 g/mol. The summed E-state index contributed by atoms with van der Waals surface area (Å²) < 4.78 is 26.3. The van der Waals surface area contributed by atoms with Gasteiger partial charge in [0.05, 0.1) is 22.8 Å². The number of hydrogen-bond donors (Lipinski definition) is 1. The molecule has 1 aromatic carbocycles. The first kappa shape index (κ1) is 15.3. The number of sulfonamides is 1. The van der Waals surface area contributed by atoms with Crippen LogP contribution in [0.3, 0.4) is 0 Å². The smallest absolute Gasteiger partial charge is 0.244 e. The van der Waals surface area contributed by atoms with Gasteiger partial charge in [-0.2, -0.15) is 9.57 Å². The molecule has 1 fully saturated rings. The molecule has 0 bridgehead atoms. The molecule has 1 aliphatic rings. The highest BCUT2D eigenvalue weighted by atomic mass is 35.5. The van der Waals surface area contributed by atoms with Crippen LogP contribution in [0.25, 0.3) is 0 Å². The van der Waals surface area contributed by atoms with Crippen LogP contribution in [0, 0.1) is 17.2 Å². The Labute approximate surface area is 123 Å². The zero-order valence-electron chi connectivity index (χ0n) is 11.0. The van der Waals surface area contributed by atoms with E-state index < -0.39 is 16.1 Å². The van der Waals surface area contributed by atoms with Crippen LogP contribution in [0.1, 0.15) is 18.9 Å². The molecule has 20 heavy (non-hydrogen) atoms. The van der Waals surface area contributed by atoms with Crippen molar-refractivity contribution in [1.29, 1.82) is 5.26 Å². The fourth-order valence-corrected chi connectivity index (χ4v) is 4.15. The number of piperidine rings is 1. The first-order valence-corrected chi connectivity index (χ1v) is 8.06. The van der Waals surface area contributed by atoms with Gasteiger partial charge in [-0.1, -0.05) is 18.5 Å². The number of hydrogen-bond acceptors (Lipinski definition) is 4. The number of aliphatic hydroxyl groups excluding tert-OH is 1. The van der Waals surface area contributed by atoms with Crippen LogP contribution in [-0.4, -0.2) is 37.0 Å². The van der Waals surface area contributed by atoms with Gasteiger partial charge < -0.3 is 5.11 Å². The van der Waals surface area contributed by atoms with Gasteiger partial charge in [0.25, 0.3) is 0 Å². The predicted molar refractivity (Wildman–Crippen MR) is 74.7 cm³/mol. The molecule has 1 aliphatic heterocycles. The average molecular weight is 315 g/mol. The highest BCUT2D eigenvalue weighted by molar-refractivity contribution is 7.89. The van der Waals surface area contributed by atoms with E-state index in [2.05, 4.69) is 0 Å². The SMILES string of the molecule is C[C@@H]1CCN(S(=O)(=O)c2ccc(C#N)cc2Cl)C[C@@H]1O. The molecule has 1 saturated heterocycles. The molecule has 108 valence electrons. The second kappa shape index (κ2) is 5.70. The third-order valence-electron chi connectivity index (χ3n) is 3.56. The second-order valence-corrected chi connectivity index (χ2v) is 7.27. The number of benzene rings is 1. The highest BCUT2D eigenvalue weighted by Gasteiger charge is 2.33. The topological polar surface area (TPSA) is 81.4 Å². The predicted octanol–water partition coefficient (Wildman–Crippen LogP) is 1.60. The van der Waals surface area contributed by atoms with Gasteiger partial charge >= 0.3 is 0 Å². The van der Waals surface area contributed by atoms with E-state index in [-0.39, 0.29) is 22.4 Å². The minimum atomic E-state index is -3.74. The fraction of sp³-hybridized carbons (Fsp3) is 0.462. The summed E-state index contributed by atoms with van der Waals surface area (Å²) in [5.41, 5.74) is 0.307. The molecule has 1 heterocycles. The standard InChI is InChI=1S/C13H15ClN2O3S/c1-9-4-5-16(8-12(9)17)20(18,19)13-3-2-10(7-15)6-11(13)14/h2-3,6,9,12,17H,4-5,8H2,1H3/t9-,12+/m1/s1. The second-order valence-electron chi connectivity index (χ2n) is 4.95. The van der Waals surface area contributed by atoms with Gasteiger partial charge in [-0.05, 0) is 30.5 Å². The van der Waals surface area contributed by atoms with Crippen molar-refractivity contribution in [2.45, 2.75) is 24.3 Å². The minimum absolute atomic E-state index is 0.0251. The fourth-order valence-electron chi connectivity index (χ4n) is 2.16. The molecule has 0 radical (unpaired) electrons. The van der Waals surface area contributed by atoms with Gasteiger partial charge in [0.2, 0.25) is 10.0 Å². The molecular formula is C13H15ClN2O3S. The van der Waals surface area contributed by atoms with E-state index in [0.29, 0.717) is 18.5 Å². The third kappa shape index (κ3) is 2.81. The monoisotopic (exact) mass is 314 g/mol. The molecule has 0 unspecified atom stereocenters. The lowest BCUT2D eigenvalue weighted by atomic mass is 9.98. The van der Waals surface area contributed by atoms with Crippen molar-refractivity contribution in [2.75, 3.05) is 13.1 Å². The van der Waals surface area contributed by atoms with E-state index in [1.54, 1.807) is 0 Å². The number of β-amino-alcohol motifs (C(OH)–C–C–N with tert-alkyl or cyclic N) is 1. The average Bonchev–Trinajstić information content (AvgIpc) is 2.41. The van der Waals surface area contributed by atoms with Crippen molar-refractivity contribution >= 4 is 21.6 Å². The summed E-state index contributed by atoms with van der Waals surface area (Å²) in [6.07, 6.45) is -0.0652. The van der Waals surface area contributed by atoms with E-state index in [1.165, 1.54) is 22.5 Å². The molecule has 1 N–H and O–H groups in total. The summed E-state index contributed by atoms with van der Waals surface area (Å²) in [6, 6.07) is 5.99. The van der Waals surface area contributed by atoms with Crippen LogP contribution >= 0.6 is 11.6 Å². The molecule has 2 atom stereocenters. The van der Waals surface area contributed by atoms with Crippen LogP contribution in [0.2, 0.25) is 5.02 Å². The quantitative estimate of drug-likeness (QED) is 0.899. The first-order chi connectivity index (χ1) is 9.36. The summed E-state index contributed by atoms with van der Waals surface area (Å²) in [5.74, 6) is 0.0814. The lowest BCUT2D eigenvalue weighted by molar-refractivity contribution is 0.0605. The molecule has 0 saturated carbocycles. The molecule has 7 heteroatoms. The zero-order valence-corrected chi connectivity index (χ0v) is 12.5. The van der Waals surface area contributed by atoms with E-state index in [1.807, 2.05) is 13.0 Å². The van der Waals surface area contributed by atoms with Gasteiger partial charge in [0.1, 0.15) is 4.90 Å². The summed E-state index contributed by atoms with van der Waals surface area (Å²) in [7, 11) is -3.74. The number of nitrogens with zero attached hydrogens (tertiary/aromatic N) is 2. The van der Waals surface area contributed by atoms with E-state index in [0.717, 1.165) is 0 Å². The number of nitriles is 1. The van der Waals surface area contributed by atoms with Gasteiger partial charge in [-0.25, -0.2) is 8.42 Å². The Hall–Kier alpha value is -1.13. The number of aliphatic hydroxyl groups is 1. The van der Waals surface area contributed by atoms with Crippen LogP contribution < -0.4 is 0 Å². The minimum Gasteiger partial charge on any atom is -0.391 e. The van der Waals surface area contributed by atoms with Crippen LogP contribution in [0.5, 0.6) is 0 Å². The highest BCUT2D eigenvalue weighted by Crippen LogP contribution is 2.28. The van der Waals surface area contributed by atoms with Gasteiger partial charge in [-0.3, -0.25) is 0 Å². The molecule has 5 nitrogen and oxygen atoms in total. The summed E-state index contributed by atoms with van der Waals surface area (Å²) in [6.45, 7) is 2.32. The first-order valence-electron chi connectivity index (χ1n) is 6.24. The van der Waals surface area contributed by atoms with Gasteiger partial charge in [-0.15, -0.1) is 0 Å². The molecule has 2 rings (SSSR count). The summed E-state index contributed by atoms with van der Waals surface area (Å²) in [4.78, 5) is -0.0279. The number of rotatable bonds is 2. The molecule has 0 aliphatic carbocycles. The van der Waals surface area contributed by atoms with E-state index in [9.17, 15) is 13.5 Å². The summed E-state index contributed by atoms with van der Waals surface area (Å²) >= 11 is 5.96. The van der Waals surface area contributed by atoms with Crippen molar-refractivity contribution in [3.05, 3.63) is 28.8 Å². The van der Waals surface area contributed by atoms with Crippen molar-refractivity contribution in [1.82, 2.24) is 4.31 Å². The van der Waals surface area contributed by atoms with Crippen molar-refractivity contribution in [3.8, 4) is 6.07 Å². The lowest BCUT2D eigenvalue weighted by Gasteiger charge is -2.33. The third-order valence-corrected chi connectivity index (χ3v) is 5.91. The zero-order chi connectivity index (χ0) is 14.9. The van der Waals surface area contributed by atoms with Crippen molar-refractivity contribution < 1.29 is 13.5 Å². The molecule has 0 amide bonds.